The van der Waals surface area contributed by atoms with E-state index in [0.29, 0.717) is 33.4 Å². The van der Waals surface area contributed by atoms with E-state index in [1.54, 1.807) is 36.6 Å². The van der Waals surface area contributed by atoms with Gasteiger partial charge < -0.3 is 9.73 Å². The highest BCUT2D eigenvalue weighted by atomic mass is 35.5. The normalized spacial score (nSPS) is 11.0. The maximum Gasteiger partial charge on any atom is 0.262 e. The Bertz CT molecular complexity index is 1220. The molecule has 0 aliphatic rings. The second kappa shape index (κ2) is 9.19. The second-order valence-corrected chi connectivity index (χ2v) is 7.96. The molecule has 152 valence electrons. The molecule has 0 bridgehead atoms. The molecule has 0 spiro atoms. The van der Waals surface area contributed by atoms with Crippen LogP contribution in [0.25, 0.3) is 10.9 Å². The van der Waals surface area contributed by atoms with Crippen LogP contribution in [0.1, 0.15) is 11.3 Å². The Hall–Kier alpha value is -3.03. The third-order valence-electron chi connectivity index (χ3n) is 4.44. The van der Waals surface area contributed by atoms with E-state index in [-0.39, 0.29) is 23.8 Å². The lowest BCUT2D eigenvalue weighted by Crippen LogP contribution is -2.27. The number of hydrogen-bond donors (Lipinski definition) is 1. The van der Waals surface area contributed by atoms with Crippen molar-refractivity contribution in [1.82, 2.24) is 14.9 Å². The van der Waals surface area contributed by atoms with E-state index in [0.717, 1.165) is 5.56 Å². The lowest BCUT2D eigenvalue weighted by Gasteiger charge is -2.12. The van der Waals surface area contributed by atoms with Crippen molar-refractivity contribution in [3.8, 4) is 0 Å². The van der Waals surface area contributed by atoms with Gasteiger partial charge in [-0.15, -0.1) is 0 Å². The molecule has 4 aromatic rings. The van der Waals surface area contributed by atoms with Crippen LogP contribution in [-0.4, -0.2) is 21.2 Å². The van der Waals surface area contributed by atoms with Gasteiger partial charge >= 0.3 is 0 Å². The lowest BCUT2D eigenvalue weighted by molar-refractivity contribution is -0.118. The number of rotatable bonds is 7. The van der Waals surface area contributed by atoms with E-state index in [1.807, 2.05) is 30.3 Å². The molecule has 0 saturated carbocycles. The van der Waals surface area contributed by atoms with Crippen molar-refractivity contribution >= 4 is 40.2 Å². The highest BCUT2D eigenvalue weighted by Crippen LogP contribution is 2.21. The minimum Gasteiger partial charge on any atom is -0.467 e. The molecule has 2 aromatic heterocycles. The summed E-state index contributed by atoms with van der Waals surface area (Å²) in [6.45, 7) is 0.672. The van der Waals surface area contributed by atoms with E-state index in [2.05, 4.69) is 10.3 Å². The fourth-order valence-electron chi connectivity index (χ4n) is 2.96. The number of furan rings is 1. The van der Waals surface area contributed by atoms with Crippen LogP contribution in [0, 0.1) is 0 Å². The Balaban J connectivity index is 1.56. The van der Waals surface area contributed by atoms with Crippen molar-refractivity contribution in [3.63, 3.8) is 0 Å². The first-order chi connectivity index (χ1) is 14.6. The first kappa shape index (κ1) is 20.3. The molecule has 0 aliphatic heterocycles. The molecule has 0 unspecified atom stereocenters. The number of nitrogens with zero attached hydrogens (tertiary/aromatic N) is 2. The smallest absolute Gasteiger partial charge is 0.262 e. The molecule has 2 heterocycles. The summed E-state index contributed by atoms with van der Waals surface area (Å²) in [5, 5.41) is 4.27. The fraction of sp³-hybridized carbons (Fsp3) is 0.136. The third-order valence-corrected chi connectivity index (χ3v) is 5.65. The van der Waals surface area contributed by atoms with Crippen LogP contribution < -0.4 is 10.9 Å². The van der Waals surface area contributed by atoms with Crippen molar-refractivity contribution in [3.05, 3.63) is 93.6 Å². The third kappa shape index (κ3) is 4.75. The summed E-state index contributed by atoms with van der Waals surface area (Å²) in [6.07, 6.45) is 1.55. The first-order valence-corrected chi connectivity index (χ1v) is 10.6. The van der Waals surface area contributed by atoms with Crippen LogP contribution >= 0.6 is 23.4 Å². The van der Waals surface area contributed by atoms with Crippen molar-refractivity contribution in [1.29, 1.82) is 0 Å². The molecule has 0 radical (unpaired) electrons. The predicted octanol–water partition coefficient (Wildman–Crippen LogP) is 4.10. The Morgan fingerprint density at radius 3 is 2.73 bits per heavy atom. The van der Waals surface area contributed by atoms with Crippen molar-refractivity contribution < 1.29 is 9.21 Å². The molecule has 2 aromatic carbocycles. The number of hydrogen-bond acceptors (Lipinski definition) is 5. The van der Waals surface area contributed by atoms with Crippen LogP contribution in [0.2, 0.25) is 5.02 Å². The second-order valence-electron chi connectivity index (χ2n) is 6.58. The number of thioether (sulfide) groups is 1. The van der Waals surface area contributed by atoms with E-state index in [4.69, 9.17) is 16.0 Å². The van der Waals surface area contributed by atoms with Gasteiger partial charge in [-0.3, -0.25) is 14.2 Å². The number of benzene rings is 2. The molecule has 0 atom stereocenters. The Morgan fingerprint density at radius 2 is 1.97 bits per heavy atom. The quantitative estimate of drug-likeness (QED) is 0.346. The summed E-state index contributed by atoms with van der Waals surface area (Å²) < 4.78 is 6.91. The minimum atomic E-state index is -0.208. The van der Waals surface area contributed by atoms with E-state index >= 15 is 0 Å². The number of amides is 1. The Kier molecular flexibility index (Phi) is 6.21. The molecule has 1 amide bonds. The van der Waals surface area contributed by atoms with Gasteiger partial charge in [0.15, 0.2) is 5.16 Å². The highest BCUT2D eigenvalue weighted by molar-refractivity contribution is 7.99. The van der Waals surface area contributed by atoms with Gasteiger partial charge in [-0.25, -0.2) is 4.98 Å². The van der Waals surface area contributed by atoms with E-state index < -0.39 is 0 Å². The maximum absolute atomic E-state index is 13.1. The molecule has 0 aliphatic carbocycles. The van der Waals surface area contributed by atoms with Gasteiger partial charge in [0.2, 0.25) is 5.91 Å². The van der Waals surface area contributed by atoms with Gasteiger partial charge in [0, 0.05) is 11.6 Å². The number of halogens is 1. The number of carbonyl (C=O) groups is 1. The molecular weight excluding hydrogens is 422 g/mol. The zero-order chi connectivity index (χ0) is 20.9. The molecule has 1 N–H and O–H groups in total. The summed E-state index contributed by atoms with van der Waals surface area (Å²) in [6, 6.07) is 18.2. The Morgan fingerprint density at radius 1 is 1.13 bits per heavy atom. The molecule has 0 fully saturated rings. The zero-order valence-corrected chi connectivity index (χ0v) is 17.4. The lowest BCUT2D eigenvalue weighted by atomic mass is 10.2. The van der Waals surface area contributed by atoms with Gasteiger partial charge in [-0.1, -0.05) is 53.7 Å². The minimum absolute atomic E-state index is 0.128. The van der Waals surface area contributed by atoms with E-state index in [9.17, 15) is 9.59 Å². The Labute approximate surface area is 181 Å². The average Bonchev–Trinajstić information content (AvgIpc) is 3.27. The van der Waals surface area contributed by atoms with Crippen molar-refractivity contribution in [2.24, 2.45) is 0 Å². The zero-order valence-electron chi connectivity index (χ0n) is 15.9. The number of nitrogens with one attached hydrogen (secondary N) is 1. The topological polar surface area (TPSA) is 77.1 Å². The van der Waals surface area contributed by atoms with Crippen LogP contribution in [0.4, 0.5) is 0 Å². The van der Waals surface area contributed by atoms with Crippen LogP contribution in [0.15, 0.2) is 81.3 Å². The average molecular weight is 440 g/mol. The van der Waals surface area contributed by atoms with Crippen molar-refractivity contribution in [2.75, 3.05) is 5.75 Å². The SMILES string of the molecule is O=C(CSc1nc2cc(Cl)ccc2c(=O)n1Cc1ccco1)NCc1ccccc1. The molecule has 0 saturated heterocycles. The predicted molar refractivity (Wildman–Crippen MR) is 118 cm³/mol. The van der Waals surface area contributed by atoms with Crippen LogP contribution in [0.5, 0.6) is 0 Å². The molecular formula is C22H18ClN3O3S. The van der Waals surface area contributed by atoms with Gasteiger partial charge in [0.25, 0.3) is 5.56 Å². The monoisotopic (exact) mass is 439 g/mol. The van der Waals surface area contributed by atoms with Gasteiger partial charge in [-0.05, 0) is 35.9 Å². The molecule has 8 heteroatoms. The first-order valence-electron chi connectivity index (χ1n) is 9.26. The molecule has 4 rings (SSSR count). The molecule has 6 nitrogen and oxygen atoms in total. The standard InChI is InChI=1S/C22H18ClN3O3S/c23-16-8-9-18-19(11-16)25-22(26(21(18)28)13-17-7-4-10-29-17)30-14-20(27)24-12-15-5-2-1-3-6-15/h1-11H,12-14H2,(H,24,27). The highest BCUT2D eigenvalue weighted by Gasteiger charge is 2.15. The summed E-state index contributed by atoms with van der Waals surface area (Å²) in [4.78, 5) is 30.0. The van der Waals surface area contributed by atoms with Gasteiger partial charge in [-0.2, -0.15) is 0 Å². The summed E-state index contributed by atoms with van der Waals surface area (Å²) >= 11 is 7.27. The summed E-state index contributed by atoms with van der Waals surface area (Å²) in [5.41, 5.74) is 1.31. The summed E-state index contributed by atoms with van der Waals surface area (Å²) in [5.74, 6) is 0.611. The van der Waals surface area contributed by atoms with E-state index in [1.165, 1.54) is 16.3 Å². The number of fused-ring (bicyclic) bond motifs is 1. The largest absolute Gasteiger partial charge is 0.467 e. The van der Waals surface area contributed by atoms with Crippen LogP contribution in [-0.2, 0) is 17.9 Å². The molecule has 30 heavy (non-hydrogen) atoms. The fourth-order valence-corrected chi connectivity index (χ4v) is 3.95. The summed E-state index contributed by atoms with van der Waals surface area (Å²) in [7, 11) is 0. The van der Waals surface area contributed by atoms with Gasteiger partial charge in [0.1, 0.15) is 5.76 Å². The van der Waals surface area contributed by atoms with Crippen LogP contribution in [0.3, 0.4) is 0 Å². The van der Waals surface area contributed by atoms with Crippen molar-refractivity contribution in [2.45, 2.75) is 18.2 Å². The van der Waals surface area contributed by atoms with Gasteiger partial charge in [0.05, 0.1) is 29.5 Å². The number of carbonyl (C=O) groups excluding carboxylic acids is 1. The maximum atomic E-state index is 13.1. The number of aromatic nitrogens is 2.